The highest BCUT2D eigenvalue weighted by Crippen LogP contribution is 2.27. The largest absolute Gasteiger partial charge is 0.355 e. The van der Waals surface area contributed by atoms with Gasteiger partial charge in [-0.15, -0.1) is 0 Å². The summed E-state index contributed by atoms with van der Waals surface area (Å²) in [5.74, 6) is 0.509. The van der Waals surface area contributed by atoms with Crippen LogP contribution in [0.15, 0.2) is 60.8 Å². The molecule has 124 valence electrons. The van der Waals surface area contributed by atoms with Gasteiger partial charge in [-0.1, -0.05) is 30.3 Å². The van der Waals surface area contributed by atoms with Gasteiger partial charge in [0.2, 0.25) is 0 Å². The van der Waals surface area contributed by atoms with Gasteiger partial charge in [0.05, 0.1) is 6.20 Å². The Morgan fingerprint density at radius 3 is 2.72 bits per heavy atom. The first-order chi connectivity index (χ1) is 12.1. The van der Waals surface area contributed by atoms with Crippen LogP contribution in [0.25, 0.3) is 22.2 Å². The van der Waals surface area contributed by atoms with Crippen LogP contribution in [0.2, 0.25) is 0 Å². The minimum atomic E-state index is -0.155. The van der Waals surface area contributed by atoms with E-state index in [-0.39, 0.29) is 5.91 Å². The van der Waals surface area contributed by atoms with Gasteiger partial charge in [-0.2, -0.15) is 5.10 Å². The number of H-pyrrole nitrogens is 1. The predicted molar refractivity (Wildman–Crippen MR) is 99.6 cm³/mol. The molecule has 0 saturated carbocycles. The average molecular weight is 330 g/mol. The van der Waals surface area contributed by atoms with E-state index in [1.165, 1.54) is 11.1 Å². The zero-order valence-corrected chi connectivity index (χ0v) is 14.1. The van der Waals surface area contributed by atoms with Gasteiger partial charge in [0.15, 0.2) is 0 Å². The summed E-state index contributed by atoms with van der Waals surface area (Å²) in [6, 6.07) is 17.8. The van der Waals surface area contributed by atoms with Gasteiger partial charge in [0.1, 0.15) is 5.82 Å². The van der Waals surface area contributed by atoms with E-state index in [0.29, 0.717) is 11.4 Å². The number of aromatic nitrogens is 3. The topological polar surface area (TPSA) is 62.7 Å². The molecule has 2 aromatic heterocycles. The standard InChI is InChI=1S/C20H18N4O/c1-13-5-3-4-6-16(13)18-11-14-7-8-15(12-17(14)22-18)20(25)23-19-9-10-21-24(19)2/h3-12,22H,1-2H3,(H,23,25). The van der Waals surface area contributed by atoms with Crippen molar-refractivity contribution >= 4 is 22.6 Å². The molecular weight excluding hydrogens is 312 g/mol. The normalized spacial score (nSPS) is 11.0. The third kappa shape index (κ3) is 2.80. The second-order valence-corrected chi connectivity index (χ2v) is 6.09. The number of hydrogen-bond donors (Lipinski definition) is 2. The predicted octanol–water partition coefficient (Wildman–Crippen LogP) is 4.13. The van der Waals surface area contributed by atoms with E-state index in [1.807, 2.05) is 30.3 Å². The van der Waals surface area contributed by atoms with Crippen LogP contribution in [0, 0.1) is 6.92 Å². The number of benzene rings is 2. The maximum absolute atomic E-state index is 12.5. The van der Waals surface area contributed by atoms with Crippen molar-refractivity contribution in [2.24, 2.45) is 7.05 Å². The van der Waals surface area contributed by atoms with Gasteiger partial charge in [-0.3, -0.25) is 9.48 Å². The molecule has 2 aromatic carbocycles. The average Bonchev–Trinajstić information content (AvgIpc) is 3.20. The molecule has 25 heavy (non-hydrogen) atoms. The van der Waals surface area contributed by atoms with E-state index in [2.05, 4.69) is 40.5 Å². The van der Waals surface area contributed by atoms with Crippen molar-refractivity contribution in [2.75, 3.05) is 5.32 Å². The molecule has 0 unspecified atom stereocenters. The highest BCUT2D eigenvalue weighted by molar-refractivity contribution is 6.06. The number of carbonyl (C=O) groups is 1. The number of amides is 1. The van der Waals surface area contributed by atoms with Crippen molar-refractivity contribution in [2.45, 2.75) is 6.92 Å². The van der Waals surface area contributed by atoms with Crippen molar-refractivity contribution in [1.29, 1.82) is 0 Å². The summed E-state index contributed by atoms with van der Waals surface area (Å²) in [6.45, 7) is 2.09. The summed E-state index contributed by atoms with van der Waals surface area (Å²) < 4.78 is 1.63. The number of aryl methyl sites for hydroxylation is 2. The molecule has 0 atom stereocenters. The lowest BCUT2D eigenvalue weighted by atomic mass is 10.1. The smallest absolute Gasteiger partial charge is 0.256 e. The molecule has 5 heteroatoms. The second-order valence-electron chi connectivity index (χ2n) is 6.09. The van der Waals surface area contributed by atoms with Crippen LogP contribution in [0.3, 0.4) is 0 Å². The highest BCUT2D eigenvalue weighted by Gasteiger charge is 2.11. The first kappa shape index (κ1) is 15.2. The molecule has 2 heterocycles. The van der Waals surface area contributed by atoms with Crippen molar-refractivity contribution in [1.82, 2.24) is 14.8 Å². The van der Waals surface area contributed by atoms with Gasteiger partial charge in [-0.05, 0) is 30.7 Å². The van der Waals surface area contributed by atoms with E-state index in [0.717, 1.165) is 16.6 Å². The molecule has 0 aliphatic carbocycles. The molecule has 0 spiro atoms. The summed E-state index contributed by atoms with van der Waals surface area (Å²) >= 11 is 0. The van der Waals surface area contributed by atoms with Gasteiger partial charge in [-0.25, -0.2) is 0 Å². The fourth-order valence-electron chi connectivity index (χ4n) is 2.97. The fraction of sp³-hybridized carbons (Fsp3) is 0.100. The third-order valence-corrected chi connectivity index (χ3v) is 4.38. The van der Waals surface area contributed by atoms with Crippen LogP contribution in [-0.2, 0) is 7.05 Å². The molecule has 0 fully saturated rings. The number of nitrogens with zero attached hydrogens (tertiary/aromatic N) is 2. The molecule has 4 rings (SSSR count). The highest BCUT2D eigenvalue weighted by atomic mass is 16.1. The lowest BCUT2D eigenvalue weighted by Crippen LogP contribution is -2.14. The van der Waals surface area contributed by atoms with Crippen LogP contribution in [0.5, 0.6) is 0 Å². The number of fused-ring (bicyclic) bond motifs is 1. The quantitative estimate of drug-likeness (QED) is 0.593. The number of anilines is 1. The first-order valence-electron chi connectivity index (χ1n) is 8.10. The van der Waals surface area contributed by atoms with Gasteiger partial charge >= 0.3 is 0 Å². The molecule has 4 aromatic rings. The zero-order chi connectivity index (χ0) is 17.4. The number of rotatable bonds is 3. The van der Waals surface area contributed by atoms with Crippen molar-refractivity contribution in [3.8, 4) is 11.3 Å². The van der Waals surface area contributed by atoms with Crippen LogP contribution < -0.4 is 5.32 Å². The maximum atomic E-state index is 12.5. The Balaban J connectivity index is 1.68. The van der Waals surface area contributed by atoms with Crippen LogP contribution in [-0.4, -0.2) is 20.7 Å². The zero-order valence-electron chi connectivity index (χ0n) is 14.1. The van der Waals surface area contributed by atoms with E-state index in [1.54, 1.807) is 24.0 Å². The minimum Gasteiger partial charge on any atom is -0.355 e. The van der Waals surface area contributed by atoms with Gasteiger partial charge < -0.3 is 10.3 Å². The molecule has 0 aliphatic heterocycles. The second kappa shape index (κ2) is 5.94. The first-order valence-corrected chi connectivity index (χ1v) is 8.10. The van der Waals surface area contributed by atoms with E-state index >= 15 is 0 Å². The number of aromatic amines is 1. The van der Waals surface area contributed by atoms with Crippen molar-refractivity contribution in [3.63, 3.8) is 0 Å². The minimum absolute atomic E-state index is 0.155. The van der Waals surface area contributed by atoms with Crippen molar-refractivity contribution < 1.29 is 4.79 Å². The third-order valence-electron chi connectivity index (χ3n) is 4.38. The molecular formula is C20H18N4O. The maximum Gasteiger partial charge on any atom is 0.256 e. The summed E-state index contributed by atoms with van der Waals surface area (Å²) in [7, 11) is 1.79. The Morgan fingerprint density at radius 1 is 1.12 bits per heavy atom. The van der Waals surface area contributed by atoms with E-state index < -0.39 is 0 Å². The summed E-state index contributed by atoms with van der Waals surface area (Å²) in [6.07, 6.45) is 1.65. The lowest BCUT2D eigenvalue weighted by Gasteiger charge is -2.05. The van der Waals surface area contributed by atoms with E-state index in [9.17, 15) is 4.79 Å². The molecule has 1 amide bonds. The monoisotopic (exact) mass is 330 g/mol. The fourth-order valence-corrected chi connectivity index (χ4v) is 2.97. The molecule has 2 N–H and O–H groups in total. The van der Waals surface area contributed by atoms with Crippen LogP contribution in [0.4, 0.5) is 5.82 Å². The number of nitrogens with one attached hydrogen (secondary N) is 2. The number of carbonyl (C=O) groups excluding carboxylic acids is 1. The number of hydrogen-bond acceptors (Lipinski definition) is 2. The Morgan fingerprint density at radius 2 is 1.96 bits per heavy atom. The van der Waals surface area contributed by atoms with Gasteiger partial charge in [0, 0.05) is 40.8 Å². The van der Waals surface area contributed by atoms with Crippen LogP contribution in [0.1, 0.15) is 15.9 Å². The van der Waals surface area contributed by atoms with Gasteiger partial charge in [0.25, 0.3) is 5.91 Å². The molecule has 0 bridgehead atoms. The Kier molecular flexibility index (Phi) is 3.61. The SMILES string of the molecule is Cc1ccccc1-c1cc2ccc(C(=O)Nc3ccnn3C)cc2[nH]1. The van der Waals surface area contributed by atoms with Crippen LogP contribution >= 0.6 is 0 Å². The molecule has 5 nitrogen and oxygen atoms in total. The Hall–Kier alpha value is -3.34. The Labute approximate surface area is 145 Å². The van der Waals surface area contributed by atoms with Crippen molar-refractivity contribution in [3.05, 3.63) is 71.9 Å². The molecule has 0 radical (unpaired) electrons. The molecule has 0 saturated heterocycles. The lowest BCUT2D eigenvalue weighted by molar-refractivity contribution is 0.102. The summed E-state index contributed by atoms with van der Waals surface area (Å²) in [5, 5.41) is 8.00. The Bertz CT molecular complexity index is 1070. The van der Waals surface area contributed by atoms with E-state index in [4.69, 9.17) is 0 Å². The molecule has 0 aliphatic rings. The summed E-state index contributed by atoms with van der Waals surface area (Å²) in [5.41, 5.74) is 4.97. The summed E-state index contributed by atoms with van der Waals surface area (Å²) in [4.78, 5) is 15.9.